The van der Waals surface area contributed by atoms with Gasteiger partial charge in [-0.25, -0.2) is 0 Å². The average Bonchev–Trinajstić information content (AvgIpc) is 2.27. The first kappa shape index (κ1) is 14.9. The third-order valence-electron chi connectivity index (χ3n) is 2.68. The molecular weight excluding hydrogens is 248 g/mol. The van der Waals surface area contributed by atoms with Crippen molar-refractivity contribution in [3.63, 3.8) is 0 Å². The molecule has 0 bridgehead atoms. The number of primary amides is 1. The summed E-state index contributed by atoms with van der Waals surface area (Å²) in [6, 6.07) is 6.65. The fourth-order valence-electron chi connectivity index (χ4n) is 1.45. The lowest BCUT2D eigenvalue weighted by atomic mass is 9.87. The molecule has 4 N–H and O–H groups in total. The highest BCUT2D eigenvalue weighted by Gasteiger charge is 2.16. The summed E-state index contributed by atoms with van der Waals surface area (Å²) in [6.07, 6.45) is 0. The van der Waals surface area contributed by atoms with Crippen molar-refractivity contribution in [3.8, 4) is 0 Å². The molecule has 0 aliphatic rings. The van der Waals surface area contributed by atoms with Crippen LogP contribution in [0.3, 0.4) is 0 Å². The molecule has 1 aromatic carbocycles. The Morgan fingerprint density at radius 3 is 2.17 bits per heavy atom. The van der Waals surface area contributed by atoms with Gasteiger partial charge in [0.2, 0.25) is 5.91 Å². The first-order chi connectivity index (χ1) is 8.21. The van der Waals surface area contributed by atoms with Gasteiger partial charge < -0.3 is 11.5 Å². The molecule has 1 amide bonds. The number of amides is 1. The number of rotatable bonds is 4. The van der Waals surface area contributed by atoms with E-state index in [-0.39, 0.29) is 11.2 Å². The van der Waals surface area contributed by atoms with Crippen LogP contribution in [0.15, 0.2) is 29.2 Å². The topological polar surface area (TPSA) is 86.2 Å². The van der Waals surface area contributed by atoms with E-state index in [1.165, 1.54) is 5.56 Å². The third kappa shape index (κ3) is 3.92. The maximum atomic E-state index is 11.9. The minimum absolute atomic E-state index is 0.0592. The van der Waals surface area contributed by atoms with Crippen LogP contribution in [0.2, 0.25) is 0 Å². The molecule has 0 aliphatic heterocycles. The van der Waals surface area contributed by atoms with Gasteiger partial charge in [0.15, 0.2) is 0 Å². The second-order valence-electron chi connectivity index (χ2n) is 5.30. The number of benzene rings is 1. The number of hydrogen-bond acceptors (Lipinski definition) is 3. The summed E-state index contributed by atoms with van der Waals surface area (Å²) < 4.78 is 11.9. The van der Waals surface area contributed by atoms with Crippen LogP contribution in [0.5, 0.6) is 0 Å². The lowest BCUT2D eigenvalue weighted by Gasteiger charge is -2.19. The number of carbonyl (C=O) groups excluding carboxylic acids is 1. The van der Waals surface area contributed by atoms with Crippen molar-refractivity contribution in [2.75, 3.05) is 5.75 Å². The molecule has 2 unspecified atom stereocenters. The Bertz CT molecular complexity index is 449. The average molecular weight is 268 g/mol. The van der Waals surface area contributed by atoms with Gasteiger partial charge in [-0.15, -0.1) is 0 Å². The van der Waals surface area contributed by atoms with Gasteiger partial charge in [-0.1, -0.05) is 32.9 Å². The van der Waals surface area contributed by atoms with E-state index in [0.717, 1.165) is 0 Å². The van der Waals surface area contributed by atoms with Gasteiger partial charge >= 0.3 is 0 Å². The smallest absolute Gasteiger partial charge is 0.235 e. The van der Waals surface area contributed by atoms with E-state index in [1.807, 2.05) is 24.3 Å². The molecule has 18 heavy (non-hydrogen) atoms. The maximum Gasteiger partial charge on any atom is 0.235 e. The molecule has 4 nitrogen and oxygen atoms in total. The quantitative estimate of drug-likeness (QED) is 0.850. The van der Waals surface area contributed by atoms with E-state index in [4.69, 9.17) is 11.5 Å². The Balaban J connectivity index is 2.80. The summed E-state index contributed by atoms with van der Waals surface area (Å²) in [5.41, 5.74) is 11.8. The van der Waals surface area contributed by atoms with Crippen LogP contribution in [-0.2, 0) is 21.0 Å². The molecule has 0 heterocycles. The van der Waals surface area contributed by atoms with Gasteiger partial charge in [-0.05, 0) is 23.1 Å². The summed E-state index contributed by atoms with van der Waals surface area (Å²) in [6.45, 7) is 6.34. The standard InChI is InChI=1S/C13H20N2O2S/c1-13(2,3)9-4-6-10(7-5-9)18(17)8-11(14)12(15)16/h4-7,11H,8,14H2,1-3H3,(H2,15,16). The van der Waals surface area contributed by atoms with E-state index in [9.17, 15) is 9.00 Å². The van der Waals surface area contributed by atoms with Crippen LogP contribution < -0.4 is 11.5 Å². The number of carbonyl (C=O) groups is 1. The first-order valence-corrected chi connectivity index (χ1v) is 7.07. The monoisotopic (exact) mass is 268 g/mol. The van der Waals surface area contributed by atoms with Crippen LogP contribution in [0.1, 0.15) is 26.3 Å². The van der Waals surface area contributed by atoms with E-state index < -0.39 is 22.7 Å². The summed E-state index contributed by atoms with van der Waals surface area (Å²) in [4.78, 5) is 11.5. The summed E-state index contributed by atoms with van der Waals surface area (Å²) in [5, 5.41) is 0. The summed E-state index contributed by atoms with van der Waals surface area (Å²) >= 11 is 0. The lowest BCUT2D eigenvalue weighted by Crippen LogP contribution is -2.40. The zero-order chi connectivity index (χ0) is 13.9. The van der Waals surface area contributed by atoms with Crippen molar-refractivity contribution in [2.24, 2.45) is 11.5 Å². The molecule has 1 rings (SSSR count). The molecule has 1 aromatic rings. The van der Waals surface area contributed by atoms with E-state index in [1.54, 1.807) is 0 Å². The zero-order valence-electron chi connectivity index (χ0n) is 11.0. The highest BCUT2D eigenvalue weighted by Crippen LogP contribution is 2.23. The van der Waals surface area contributed by atoms with Crippen LogP contribution in [-0.4, -0.2) is 21.9 Å². The normalized spacial score (nSPS) is 15.1. The predicted octanol–water partition coefficient (Wildman–Crippen LogP) is 0.904. The van der Waals surface area contributed by atoms with Crippen molar-refractivity contribution >= 4 is 16.7 Å². The number of hydrogen-bond donors (Lipinski definition) is 2. The van der Waals surface area contributed by atoms with Crippen LogP contribution in [0.25, 0.3) is 0 Å². The Kier molecular flexibility index (Phi) is 4.65. The fraction of sp³-hybridized carbons (Fsp3) is 0.462. The molecule has 0 aromatic heterocycles. The predicted molar refractivity (Wildman–Crippen MR) is 73.6 cm³/mol. The minimum Gasteiger partial charge on any atom is -0.368 e. The van der Waals surface area contributed by atoms with Crippen molar-refractivity contribution in [2.45, 2.75) is 37.1 Å². The molecule has 0 aliphatic carbocycles. The van der Waals surface area contributed by atoms with Gasteiger partial charge in [0.25, 0.3) is 0 Å². The van der Waals surface area contributed by atoms with Crippen LogP contribution >= 0.6 is 0 Å². The third-order valence-corrected chi connectivity index (χ3v) is 4.14. The van der Waals surface area contributed by atoms with E-state index in [2.05, 4.69) is 20.8 Å². The molecule has 5 heteroatoms. The molecule has 0 fully saturated rings. The van der Waals surface area contributed by atoms with Crippen molar-refractivity contribution in [3.05, 3.63) is 29.8 Å². The lowest BCUT2D eigenvalue weighted by molar-refractivity contribution is -0.118. The zero-order valence-corrected chi connectivity index (χ0v) is 11.8. The first-order valence-electron chi connectivity index (χ1n) is 5.75. The molecule has 0 radical (unpaired) electrons. The van der Waals surface area contributed by atoms with Crippen molar-refractivity contribution < 1.29 is 9.00 Å². The van der Waals surface area contributed by atoms with E-state index >= 15 is 0 Å². The second-order valence-corrected chi connectivity index (χ2v) is 6.79. The van der Waals surface area contributed by atoms with Gasteiger partial charge in [0, 0.05) is 4.90 Å². The van der Waals surface area contributed by atoms with Crippen LogP contribution in [0, 0.1) is 0 Å². The molecule has 0 saturated heterocycles. The van der Waals surface area contributed by atoms with Crippen molar-refractivity contribution in [1.82, 2.24) is 0 Å². The van der Waals surface area contributed by atoms with Crippen molar-refractivity contribution in [1.29, 1.82) is 0 Å². The van der Waals surface area contributed by atoms with Gasteiger partial charge in [-0.3, -0.25) is 9.00 Å². The number of nitrogens with two attached hydrogens (primary N) is 2. The molecule has 100 valence electrons. The molecule has 0 spiro atoms. The molecular formula is C13H20N2O2S. The maximum absolute atomic E-state index is 11.9. The summed E-state index contributed by atoms with van der Waals surface area (Å²) in [7, 11) is -1.29. The highest BCUT2D eigenvalue weighted by atomic mass is 32.2. The SMILES string of the molecule is CC(C)(C)c1ccc(S(=O)CC(N)C(N)=O)cc1. The Labute approximate surface area is 110 Å². The Morgan fingerprint density at radius 2 is 1.78 bits per heavy atom. The van der Waals surface area contributed by atoms with Gasteiger partial charge in [0.1, 0.15) is 0 Å². The Hall–Kier alpha value is -1.20. The van der Waals surface area contributed by atoms with Crippen LogP contribution in [0.4, 0.5) is 0 Å². The Morgan fingerprint density at radius 1 is 1.28 bits per heavy atom. The minimum atomic E-state index is -1.29. The van der Waals surface area contributed by atoms with Gasteiger partial charge in [-0.2, -0.15) is 0 Å². The van der Waals surface area contributed by atoms with E-state index in [0.29, 0.717) is 4.90 Å². The molecule has 0 saturated carbocycles. The summed E-state index contributed by atoms with van der Waals surface area (Å²) in [5.74, 6) is -0.570. The van der Waals surface area contributed by atoms with Gasteiger partial charge in [0.05, 0.1) is 22.6 Å². The largest absolute Gasteiger partial charge is 0.368 e. The fourth-order valence-corrected chi connectivity index (χ4v) is 2.57. The molecule has 2 atom stereocenters. The second kappa shape index (κ2) is 5.63. The highest BCUT2D eigenvalue weighted by molar-refractivity contribution is 7.85.